The summed E-state index contributed by atoms with van der Waals surface area (Å²) < 4.78 is 5.82. The van der Waals surface area contributed by atoms with E-state index in [2.05, 4.69) is 24.4 Å². The lowest BCUT2D eigenvalue weighted by Crippen LogP contribution is -2.39. The largest absolute Gasteiger partial charge is 0.481 e. The van der Waals surface area contributed by atoms with Crippen LogP contribution in [-0.4, -0.2) is 24.3 Å². The van der Waals surface area contributed by atoms with Crippen molar-refractivity contribution in [2.75, 3.05) is 12.3 Å². The highest BCUT2D eigenvalue weighted by atomic mass is 32.2. The lowest BCUT2D eigenvalue weighted by molar-refractivity contribution is -0.127. The molecule has 0 aliphatic carbocycles. The molecule has 2 aromatic rings. The Hall–Kier alpha value is -1.94. The van der Waals surface area contributed by atoms with Gasteiger partial charge in [0.05, 0.1) is 0 Å². The van der Waals surface area contributed by atoms with E-state index in [9.17, 15) is 4.79 Å². The summed E-state index contributed by atoms with van der Waals surface area (Å²) in [5.41, 5.74) is 1.26. The van der Waals surface area contributed by atoms with Crippen molar-refractivity contribution >= 4 is 17.7 Å². The summed E-state index contributed by atoms with van der Waals surface area (Å²) in [6.45, 7) is 4.71. The molecule has 0 bridgehead atoms. The monoisotopic (exact) mass is 343 g/mol. The minimum atomic E-state index is -0.445. The number of thioether (sulfide) groups is 1. The van der Waals surface area contributed by atoms with Gasteiger partial charge in [-0.05, 0) is 42.7 Å². The second-order valence-electron chi connectivity index (χ2n) is 5.46. The number of hydrogen-bond donors (Lipinski definition) is 1. The van der Waals surface area contributed by atoms with Gasteiger partial charge in [-0.25, -0.2) is 0 Å². The van der Waals surface area contributed by atoms with Crippen LogP contribution in [0.4, 0.5) is 0 Å². The molecule has 0 aromatic heterocycles. The molecule has 0 saturated heterocycles. The number of amides is 1. The van der Waals surface area contributed by atoms with Crippen LogP contribution in [-0.2, 0) is 11.2 Å². The Morgan fingerprint density at radius 2 is 1.79 bits per heavy atom. The quantitative estimate of drug-likeness (QED) is 0.544. The van der Waals surface area contributed by atoms with E-state index < -0.39 is 6.10 Å². The van der Waals surface area contributed by atoms with Gasteiger partial charge in [-0.1, -0.05) is 44.2 Å². The normalized spacial score (nSPS) is 11.8. The SMILES string of the molecule is CCc1ccc(O[C@@H](CC)C(=O)NCCSc2ccccc2)cc1. The third-order valence-corrected chi connectivity index (χ3v) is 4.70. The summed E-state index contributed by atoms with van der Waals surface area (Å²) in [7, 11) is 0. The highest BCUT2D eigenvalue weighted by molar-refractivity contribution is 7.99. The third-order valence-electron chi connectivity index (χ3n) is 3.69. The van der Waals surface area contributed by atoms with E-state index in [1.54, 1.807) is 11.8 Å². The van der Waals surface area contributed by atoms with Gasteiger partial charge >= 0.3 is 0 Å². The fraction of sp³-hybridized carbons (Fsp3) is 0.350. The molecule has 0 unspecified atom stereocenters. The number of aryl methyl sites for hydroxylation is 1. The molecular formula is C20H25NO2S. The Labute approximate surface area is 148 Å². The van der Waals surface area contributed by atoms with Crippen molar-refractivity contribution in [3.8, 4) is 5.75 Å². The van der Waals surface area contributed by atoms with E-state index in [-0.39, 0.29) is 5.91 Å². The van der Waals surface area contributed by atoms with E-state index >= 15 is 0 Å². The summed E-state index contributed by atoms with van der Waals surface area (Å²) in [4.78, 5) is 13.5. The molecule has 0 spiro atoms. The zero-order valence-electron chi connectivity index (χ0n) is 14.3. The second-order valence-corrected chi connectivity index (χ2v) is 6.63. The number of ether oxygens (including phenoxy) is 1. The number of benzene rings is 2. The maximum atomic E-state index is 12.3. The molecule has 1 amide bonds. The van der Waals surface area contributed by atoms with Crippen LogP contribution in [0, 0.1) is 0 Å². The van der Waals surface area contributed by atoms with Gasteiger partial charge in [0.25, 0.3) is 5.91 Å². The smallest absolute Gasteiger partial charge is 0.261 e. The van der Waals surface area contributed by atoms with E-state index in [0.29, 0.717) is 13.0 Å². The van der Waals surface area contributed by atoms with Crippen molar-refractivity contribution in [2.24, 2.45) is 0 Å². The topological polar surface area (TPSA) is 38.3 Å². The number of rotatable bonds is 9. The first-order valence-electron chi connectivity index (χ1n) is 8.44. The average molecular weight is 343 g/mol. The van der Waals surface area contributed by atoms with Crippen LogP contribution in [0.2, 0.25) is 0 Å². The molecule has 4 heteroatoms. The van der Waals surface area contributed by atoms with Gasteiger partial charge in [0.2, 0.25) is 0 Å². The molecule has 0 fully saturated rings. The minimum Gasteiger partial charge on any atom is -0.481 e. The van der Waals surface area contributed by atoms with Gasteiger partial charge in [0.15, 0.2) is 6.10 Å². The van der Waals surface area contributed by atoms with E-state index in [0.717, 1.165) is 17.9 Å². The molecule has 2 rings (SSSR count). The van der Waals surface area contributed by atoms with Crippen molar-refractivity contribution in [2.45, 2.75) is 37.7 Å². The first-order chi connectivity index (χ1) is 11.7. The predicted octanol–water partition coefficient (Wildman–Crippen LogP) is 4.31. The predicted molar refractivity (Wildman–Crippen MR) is 101 cm³/mol. The lowest BCUT2D eigenvalue weighted by Gasteiger charge is -2.17. The van der Waals surface area contributed by atoms with Crippen molar-refractivity contribution in [3.05, 3.63) is 60.2 Å². The van der Waals surface area contributed by atoms with Gasteiger partial charge in [-0.3, -0.25) is 4.79 Å². The fourth-order valence-corrected chi connectivity index (χ4v) is 3.05. The Morgan fingerprint density at radius 3 is 2.42 bits per heavy atom. The van der Waals surface area contributed by atoms with Crippen molar-refractivity contribution in [1.29, 1.82) is 0 Å². The molecule has 3 nitrogen and oxygen atoms in total. The molecule has 0 radical (unpaired) electrons. The molecule has 24 heavy (non-hydrogen) atoms. The summed E-state index contributed by atoms with van der Waals surface area (Å²) >= 11 is 1.73. The highest BCUT2D eigenvalue weighted by Gasteiger charge is 2.17. The number of carbonyl (C=O) groups excluding carboxylic acids is 1. The van der Waals surface area contributed by atoms with Crippen molar-refractivity contribution < 1.29 is 9.53 Å². The molecule has 0 saturated carbocycles. The van der Waals surface area contributed by atoms with Crippen LogP contribution < -0.4 is 10.1 Å². The number of hydrogen-bond acceptors (Lipinski definition) is 3. The Balaban J connectivity index is 1.76. The van der Waals surface area contributed by atoms with E-state index in [1.165, 1.54) is 10.5 Å². The third kappa shape index (κ3) is 5.93. The van der Waals surface area contributed by atoms with Crippen LogP contribution in [0.25, 0.3) is 0 Å². The van der Waals surface area contributed by atoms with Crippen molar-refractivity contribution in [1.82, 2.24) is 5.32 Å². The minimum absolute atomic E-state index is 0.0503. The Kier molecular flexibility index (Phi) is 7.69. The average Bonchev–Trinajstić information content (AvgIpc) is 2.64. The van der Waals surface area contributed by atoms with E-state index in [1.807, 2.05) is 49.4 Å². The maximum Gasteiger partial charge on any atom is 0.261 e. The van der Waals surface area contributed by atoms with Crippen LogP contribution in [0.1, 0.15) is 25.8 Å². The zero-order valence-corrected chi connectivity index (χ0v) is 15.1. The van der Waals surface area contributed by atoms with E-state index in [4.69, 9.17) is 4.74 Å². The molecule has 2 aromatic carbocycles. The zero-order chi connectivity index (χ0) is 17.2. The van der Waals surface area contributed by atoms with Crippen LogP contribution in [0.3, 0.4) is 0 Å². The van der Waals surface area contributed by atoms with Gasteiger partial charge in [-0.15, -0.1) is 11.8 Å². The summed E-state index contributed by atoms with van der Waals surface area (Å²) in [5.74, 6) is 1.54. The fourth-order valence-electron chi connectivity index (χ4n) is 2.26. The van der Waals surface area contributed by atoms with Crippen LogP contribution >= 0.6 is 11.8 Å². The molecule has 1 N–H and O–H groups in total. The lowest BCUT2D eigenvalue weighted by atomic mass is 10.2. The molecule has 1 atom stereocenters. The van der Waals surface area contributed by atoms with Gasteiger partial charge in [0, 0.05) is 17.2 Å². The van der Waals surface area contributed by atoms with Gasteiger partial charge in [-0.2, -0.15) is 0 Å². The number of nitrogens with one attached hydrogen (secondary N) is 1. The first kappa shape index (κ1) is 18.4. The molecule has 0 aliphatic heterocycles. The maximum absolute atomic E-state index is 12.3. The van der Waals surface area contributed by atoms with Crippen molar-refractivity contribution in [3.63, 3.8) is 0 Å². The summed E-state index contributed by atoms with van der Waals surface area (Å²) in [6, 6.07) is 18.1. The van der Waals surface area contributed by atoms with Gasteiger partial charge in [0.1, 0.15) is 5.75 Å². The summed E-state index contributed by atoms with van der Waals surface area (Å²) in [5, 5.41) is 2.96. The summed E-state index contributed by atoms with van der Waals surface area (Å²) in [6.07, 6.45) is 1.20. The number of carbonyl (C=O) groups is 1. The second kappa shape index (κ2) is 10.0. The Bertz CT molecular complexity index is 613. The first-order valence-corrected chi connectivity index (χ1v) is 9.42. The molecular weight excluding hydrogens is 318 g/mol. The van der Waals surface area contributed by atoms with Gasteiger partial charge < -0.3 is 10.1 Å². The Morgan fingerprint density at radius 1 is 1.08 bits per heavy atom. The molecule has 0 heterocycles. The van der Waals surface area contributed by atoms with Crippen LogP contribution in [0.15, 0.2) is 59.5 Å². The van der Waals surface area contributed by atoms with Crippen LogP contribution in [0.5, 0.6) is 5.75 Å². The molecule has 0 aliphatic rings. The standard InChI is InChI=1S/C20H25NO2S/c1-3-16-10-12-17(13-11-16)23-19(4-2)20(22)21-14-15-24-18-8-6-5-7-9-18/h5-13,19H,3-4,14-15H2,1-2H3,(H,21,22)/t19-/m0/s1. The highest BCUT2D eigenvalue weighted by Crippen LogP contribution is 2.17. The molecule has 128 valence electrons.